The van der Waals surface area contributed by atoms with Gasteiger partial charge < -0.3 is 9.47 Å². The molecule has 0 saturated heterocycles. The van der Waals surface area contributed by atoms with E-state index in [2.05, 4.69) is 6.92 Å². The first kappa shape index (κ1) is 14.8. The van der Waals surface area contributed by atoms with E-state index in [1.807, 2.05) is 12.1 Å². The number of hydrogen-bond donors (Lipinski definition) is 0. The SMILES string of the molecule is COc1ccc(C(Cl)C2(C)CCCC2)c(OC)c1Cl. The molecule has 1 aliphatic carbocycles. The lowest BCUT2D eigenvalue weighted by Gasteiger charge is -2.31. The van der Waals surface area contributed by atoms with Crippen LogP contribution >= 0.6 is 23.2 Å². The highest BCUT2D eigenvalue weighted by Gasteiger charge is 2.38. The summed E-state index contributed by atoms with van der Waals surface area (Å²) in [6.07, 6.45) is 4.78. The number of hydrogen-bond acceptors (Lipinski definition) is 2. The average Bonchev–Trinajstić information content (AvgIpc) is 2.85. The summed E-state index contributed by atoms with van der Waals surface area (Å²) < 4.78 is 10.7. The molecule has 106 valence electrons. The number of alkyl halides is 1. The first-order valence-corrected chi connectivity index (χ1v) is 7.39. The third-order valence-electron chi connectivity index (χ3n) is 4.15. The second kappa shape index (κ2) is 5.80. The van der Waals surface area contributed by atoms with Gasteiger partial charge in [0.25, 0.3) is 0 Å². The molecule has 0 bridgehead atoms. The Morgan fingerprint density at radius 2 is 1.79 bits per heavy atom. The molecule has 1 aliphatic rings. The molecular weight excluding hydrogens is 283 g/mol. The van der Waals surface area contributed by atoms with E-state index in [4.69, 9.17) is 32.7 Å². The van der Waals surface area contributed by atoms with Crippen LogP contribution in [-0.4, -0.2) is 14.2 Å². The molecule has 0 aliphatic heterocycles. The average molecular weight is 303 g/mol. The van der Waals surface area contributed by atoms with E-state index in [9.17, 15) is 0 Å². The lowest BCUT2D eigenvalue weighted by Crippen LogP contribution is -2.18. The van der Waals surface area contributed by atoms with Crippen molar-refractivity contribution in [2.75, 3.05) is 14.2 Å². The van der Waals surface area contributed by atoms with Gasteiger partial charge in [0.15, 0.2) is 0 Å². The van der Waals surface area contributed by atoms with Crippen LogP contribution in [0.2, 0.25) is 5.02 Å². The lowest BCUT2D eigenvalue weighted by molar-refractivity contribution is 0.312. The van der Waals surface area contributed by atoms with Crippen LogP contribution in [0.15, 0.2) is 12.1 Å². The molecule has 0 aromatic heterocycles. The van der Waals surface area contributed by atoms with Gasteiger partial charge in [0, 0.05) is 5.56 Å². The highest BCUT2D eigenvalue weighted by atomic mass is 35.5. The minimum Gasteiger partial charge on any atom is -0.495 e. The molecule has 4 heteroatoms. The van der Waals surface area contributed by atoms with Crippen LogP contribution in [0, 0.1) is 5.41 Å². The van der Waals surface area contributed by atoms with E-state index < -0.39 is 0 Å². The van der Waals surface area contributed by atoms with E-state index in [0.29, 0.717) is 16.5 Å². The maximum atomic E-state index is 6.73. The fourth-order valence-electron chi connectivity index (χ4n) is 2.93. The van der Waals surface area contributed by atoms with E-state index in [-0.39, 0.29) is 10.8 Å². The molecule has 0 amide bonds. The Morgan fingerprint density at radius 3 is 2.32 bits per heavy atom. The summed E-state index contributed by atoms with van der Waals surface area (Å²) >= 11 is 13.0. The summed E-state index contributed by atoms with van der Waals surface area (Å²) in [5.41, 5.74) is 1.08. The van der Waals surface area contributed by atoms with Gasteiger partial charge in [-0.1, -0.05) is 37.4 Å². The Kier molecular flexibility index (Phi) is 4.52. The molecule has 1 saturated carbocycles. The largest absolute Gasteiger partial charge is 0.495 e. The maximum absolute atomic E-state index is 6.73. The van der Waals surface area contributed by atoms with Gasteiger partial charge in [-0.3, -0.25) is 0 Å². The highest BCUT2D eigenvalue weighted by Crippen LogP contribution is 2.54. The molecule has 1 aromatic rings. The fourth-order valence-corrected chi connectivity index (χ4v) is 3.65. The first-order valence-electron chi connectivity index (χ1n) is 6.58. The molecule has 2 nitrogen and oxygen atoms in total. The van der Waals surface area contributed by atoms with Crippen molar-refractivity contribution in [1.29, 1.82) is 0 Å². The van der Waals surface area contributed by atoms with Gasteiger partial charge in [0.1, 0.15) is 16.5 Å². The number of rotatable bonds is 4. The molecule has 0 radical (unpaired) electrons. The molecule has 2 rings (SSSR count). The van der Waals surface area contributed by atoms with Crippen molar-refractivity contribution in [3.8, 4) is 11.5 Å². The van der Waals surface area contributed by atoms with Crippen LogP contribution in [0.5, 0.6) is 11.5 Å². The molecule has 19 heavy (non-hydrogen) atoms. The van der Waals surface area contributed by atoms with Gasteiger partial charge in [0.05, 0.1) is 19.6 Å². The monoisotopic (exact) mass is 302 g/mol. The second-order valence-electron chi connectivity index (χ2n) is 5.43. The Morgan fingerprint density at radius 1 is 1.16 bits per heavy atom. The summed E-state index contributed by atoms with van der Waals surface area (Å²) in [6.45, 7) is 2.25. The molecule has 1 atom stereocenters. The molecule has 0 spiro atoms. The first-order chi connectivity index (χ1) is 9.03. The Hall–Kier alpha value is -0.600. The predicted molar refractivity (Wildman–Crippen MR) is 79.7 cm³/mol. The van der Waals surface area contributed by atoms with Crippen LogP contribution in [0.3, 0.4) is 0 Å². The molecule has 1 unspecified atom stereocenters. The molecule has 1 fully saturated rings. The summed E-state index contributed by atoms with van der Waals surface area (Å²) in [7, 11) is 3.21. The summed E-state index contributed by atoms with van der Waals surface area (Å²) in [5.74, 6) is 1.25. The number of halogens is 2. The van der Waals surface area contributed by atoms with Crippen LogP contribution < -0.4 is 9.47 Å². The fraction of sp³-hybridized carbons (Fsp3) is 0.600. The van der Waals surface area contributed by atoms with Crippen molar-refractivity contribution in [2.24, 2.45) is 5.41 Å². The number of ether oxygens (including phenoxy) is 2. The van der Waals surface area contributed by atoms with Crippen LogP contribution in [0.1, 0.15) is 43.5 Å². The zero-order valence-electron chi connectivity index (χ0n) is 11.6. The number of benzene rings is 1. The summed E-state index contributed by atoms with van der Waals surface area (Å²) in [4.78, 5) is 0. The highest BCUT2D eigenvalue weighted by molar-refractivity contribution is 6.34. The van der Waals surface area contributed by atoms with E-state index >= 15 is 0 Å². The van der Waals surface area contributed by atoms with Crippen LogP contribution in [0.4, 0.5) is 0 Å². The minimum absolute atomic E-state index is 0.0895. The van der Waals surface area contributed by atoms with Crippen molar-refractivity contribution >= 4 is 23.2 Å². The third-order valence-corrected chi connectivity index (χ3v) is 5.27. The molecular formula is C15H20Cl2O2. The van der Waals surface area contributed by atoms with Gasteiger partial charge in [0.2, 0.25) is 0 Å². The van der Waals surface area contributed by atoms with Crippen LogP contribution in [-0.2, 0) is 0 Å². The van der Waals surface area contributed by atoms with Gasteiger partial charge >= 0.3 is 0 Å². The van der Waals surface area contributed by atoms with E-state index in [0.717, 1.165) is 18.4 Å². The molecule has 1 aromatic carbocycles. The van der Waals surface area contributed by atoms with Crippen molar-refractivity contribution in [3.63, 3.8) is 0 Å². The topological polar surface area (TPSA) is 18.5 Å². The van der Waals surface area contributed by atoms with Gasteiger partial charge in [-0.15, -0.1) is 11.6 Å². The molecule has 0 heterocycles. The van der Waals surface area contributed by atoms with Crippen molar-refractivity contribution in [3.05, 3.63) is 22.7 Å². The Balaban J connectivity index is 2.41. The second-order valence-corrected chi connectivity index (χ2v) is 6.24. The smallest absolute Gasteiger partial charge is 0.145 e. The van der Waals surface area contributed by atoms with Gasteiger partial charge in [-0.2, -0.15) is 0 Å². The zero-order chi connectivity index (χ0) is 14.0. The quantitative estimate of drug-likeness (QED) is 0.710. The Labute approximate surface area is 125 Å². The standard InChI is InChI=1S/C15H20Cl2O2/c1-15(8-4-5-9-15)14(17)10-6-7-11(18-2)12(16)13(10)19-3/h6-7,14H,4-5,8-9H2,1-3H3. The predicted octanol–water partition coefficient (Wildman–Crippen LogP) is 5.22. The van der Waals surface area contributed by atoms with Crippen molar-refractivity contribution < 1.29 is 9.47 Å². The molecule has 0 N–H and O–H groups in total. The van der Waals surface area contributed by atoms with Gasteiger partial charge in [-0.05, 0) is 24.3 Å². The summed E-state index contributed by atoms with van der Waals surface area (Å²) in [6, 6.07) is 3.82. The normalized spacial score (nSPS) is 19.2. The van der Waals surface area contributed by atoms with Crippen LogP contribution in [0.25, 0.3) is 0 Å². The van der Waals surface area contributed by atoms with E-state index in [1.54, 1.807) is 14.2 Å². The zero-order valence-corrected chi connectivity index (χ0v) is 13.1. The summed E-state index contributed by atoms with van der Waals surface area (Å²) in [5, 5.41) is 0.406. The Bertz CT molecular complexity index is 454. The minimum atomic E-state index is -0.0895. The van der Waals surface area contributed by atoms with Gasteiger partial charge in [-0.25, -0.2) is 0 Å². The lowest BCUT2D eigenvalue weighted by atomic mass is 9.81. The van der Waals surface area contributed by atoms with Crippen molar-refractivity contribution in [1.82, 2.24) is 0 Å². The number of methoxy groups -OCH3 is 2. The maximum Gasteiger partial charge on any atom is 0.145 e. The van der Waals surface area contributed by atoms with Crippen molar-refractivity contribution in [2.45, 2.75) is 38.0 Å². The van der Waals surface area contributed by atoms with E-state index in [1.165, 1.54) is 12.8 Å². The third kappa shape index (κ3) is 2.66.